The van der Waals surface area contributed by atoms with Crippen LogP contribution in [-0.4, -0.2) is 71.0 Å². The summed E-state index contributed by atoms with van der Waals surface area (Å²) in [6, 6.07) is 4.69. The number of piperidine rings is 1. The summed E-state index contributed by atoms with van der Waals surface area (Å²) in [4.78, 5) is 29.4. The Morgan fingerprint density at radius 2 is 1.96 bits per heavy atom. The van der Waals surface area contributed by atoms with Crippen LogP contribution in [0.15, 0.2) is 18.2 Å². The van der Waals surface area contributed by atoms with Gasteiger partial charge in [-0.15, -0.1) is 0 Å². The number of aromatic nitrogens is 1. The fourth-order valence-electron chi connectivity index (χ4n) is 2.94. The largest absolute Gasteiger partial charge is 0.480 e. The predicted octanol–water partition coefficient (Wildman–Crippen LogP) is 0.731. The maximum Gasteiger partial charge on any atom is 0.323 e. The Kier molecular flexibility index (Phi) is 6.12. The van der Waals surface area contributed by atoms with Gasteiger partial charge in [0, 0.05) is 24.8 Å². The first-order valence-electron chi connectivity index (χ1n) is 8.19. The zero-order valence-electron chi connectivity index (χ0n) is 14.4. The molecule has 2 heterocycles. The molecule has 138 valence electrons. The topological polar surface area (TPSA) is 108 Å². The number of carbonyl (C=O) groups is 2. The van der Waals surface area contributed by atoms with Gasteiger partial charge in [-0.25, -0.2) is 17.7 Å². The van der Waals surface area contributed by atoms with E-state index < -0.39 is 28.4 Å². The van der Waals surface area contributed by atoms with E-state index in [1.165, 1.54) is 9.21 Å². The van der Waals surface area contributed by atoms with Crippen molar-refractivity contribution < 1.29 is 23.1 Å². The maximum absolute atomic E-state index is 12.7. The molecule has 1 aromatic heterocycles. The molecular formula is C16H23N3O5S. The highest BCUT2D eigenvalue weighted by Gasteiger charge is 2.33. The van der Waals surface area contributed by atoms with Gasteiger partial charge in [-0.3, -0.25) is 9.59 Å². The monoisotopic (exact) mass is 369 g/mol. The molecule has 0 bridgehead atoms. The Labute approximate surface area is 147 Å². The van der Waals surface area contributed by atoms with Crippen molar-refractivity contribution in [3.8, 4) is 0 Å². The summed E-state index contributed by atoms with van der Waals surface area (Å²) in [5, 5.41) is 9.16. The lowest BCUT2D eigenvalue weighted by Gasteiger charge is -2.37. The third-order valence-electron chi connectivity index (χ3n) is 4.30. The molecule has 1 aliphatic rings. The SMILES string of the molecule is CCS(=O)(=O)N1CCC(N(CC(=O)O)C(=O)c2cccc(C)n2)CC1. The van der Waals surface area contributed by atoms with Crippen LogP contribution in [0.5, 0.6) is 0 Å². The standard InChI is InChI=1S/C16H23N3O5S/c1-3-25(23,24)18-9-7-13(8-10-18)19(11-15(20)21)16(22)14-6-4-5-12(2)17-14/h4-6,13H,3,7-11H2,1-2H3,(H,20,21). The number of hydrogen-bond donors (Lipinski definition) is 1. The normalized spacial score (nSPS) is 16.6. The van der Waals surface area contributed by atoms with Crippen molar-refractivity contribution in [1.29, 1.82) is 0 Å². The van der Waals surface area contributed by atoms with Gasteiger partial charge in [-0.2, -0.15) is 0 Å². The van der Waals surface area contributed by atoms with Gasteiger partial charge in [0.25, 0.3) is 5.91 Å². The minimum atomic E-state index is -3.27. The molecule has 1 N–H and O–H groups in total. The molecule has 0 atom stereocenters. The van der Waals surface area contributed by atoms with Crippen molar-refractivity contribution in [2.45, 2.75) is 32.7 Å². The molecule has 0 aromatic carbocycles. The Morgan fingerprint density at radius 1 is 1.32 bits per heavy atom. The molecule has 8 nitrogen and oxygen atoms in total. The van der Waals surface area contributed by atoms with Crippen molar-refractivity contribution in [2.24, 2.45) is 0 Å². The van der Waals surface area contributed by atoms with Gasteiger partial charge >= 0.3 is 5.97 Å². The van der Waals surface area contributed by atoms with E-state index >= 15 is 0 Å². The van der Waals surface area contributed by atoms with Crippen molar-refractivity contribution in [1.82, 2.24) is 14.2 Å². The lowest BCUT2D eigenvalue weighted by atomic mass is 10.0. The lowest BCUT2D eigenvalue weighted by Crippen LogP contribution is -2.50. The van der Waals surface area contributed by atoms with Crippen LogP contribution in [0.4, 0.5) is 0 Å². The fourth-order valence-corrected chi connectivity index (χ4v) is 4.07. The number of amides is 1. The molecule has 1 aliphatic heterocycles. The van der Waals surface area contributed by atoms with Crippen LogP contribution in [0, 0.1) is 6.92 Å². The van der Waals surface area contributed by atoms with Crippen LogP contribution >= 0.6 is 0 Å². The second-order valence-corrected chi connectivity index (χ2v) is 8.28. The van der Waals surface area contributed by atoms with Gasteiger partial charge in [0.1, 0.15) is 12.2 Å². The Morgan fingerprint density at radius 3 is 2.48 bits per heavy atom. The number of carboxylic acids is 1. The summed E-state index contributed by atoms with van der Waals surface area (Å²) >= 11 is 0. The van der Waals surface area contributed by atoms with Crippen LogP contribution in [0.2, 0.25) is 0 Å². The predicted molar refractivity (Wildman–Crippen MR) is 91.7 cm³/mol. The third-order valence-corrected chi connectivity index (χ3v) is 6.18. The number of aliphatic carboxylic acids is 1. The highest BCUT2D eigenvalue weighted by atomic mass is 32.2. The van der Waals surface area contributed by atoms with Gasteiger partial charge in [0.2, 0.25) is 10.0 Å². The summed E-state index contributed by atoms with van der Waals surface area (Å²) in [6.07, 6.45) is 0.814. The first kappa shape index (κ1) is 19.3. The van der Waals surface area contributed by atoms with E-state index in [2.05, 4.69) is 4.98 Å². The number of carboxylic acid groups (broad SMARTS) is 1. The summed E-state index contributed by atoms with van der Waals surface area (Å²) in [6.45, 7) is 3.48. The first-order valence-corrected chi connectivity index (χ1v) is 9.79. The van der Waals surface area contributed by atoms with Gasteiger partial charge in [0.05, 0.1) is 5.75 Å². The molecule has 9 heteroatoms. The number of aryl methyl sites for hydroxylation is 1. The average Bonchev–Trinajstić information content (AvgIpc) is 2.59. The van der Waals surface area contributed by atoms with Crippen LogP contribution in [0.1, 0.15) is 35.9 Å². The molecule has 1 saturated heterocycles. The number of pyridine rings is 1. The zero-order valence-corrected chi connectivity index (χ0v) is 15.2. The fraction of sp³-hybridized carbons (Fsp3) is 0.562. The van der Waals surface area contributed by atoms with Gasteiger partial charge in [0.15, 0.2) is 0 Å². The number of nitrogens with zero attached hydrogens (tertiary/aromatic N) is 3. The lowest BCUT2D eigenvalue weighted by molar-refractivity contribution is -0.138. The number of hydrogen-bond acceptors (Lipinski definition) is 5. The highest BCUT2D eigenvalue weighted by Crippen LogP contribution is 2.21. The molecule has 1 fully saturated rings. The quantitative estimate of drug-likeness (QED) is 0.792. The Bertz CT molecular complexity index is 742. The van der Waals surface area contributed by atoms with E-state index in [1.807, 2.05) is 0 Å². The minimum absolute atomic E-state index is 0.0304. The molecule has 0 spiro atoms. The minimum Gasteiger partial charge on any atom is -0.480 e. The van der Waals surface area contributed by atoms with Crippen LogP contribution in [0.25, 0.3) is 0 Å². The molecule has 0 saturated carbocycles. The average molecular weight is 369 g/mol. The molecule has 2 rings (SSSR count). The summed E-state index contributed by atoms with van der Waals surface area (Å²) in [5.74, 6) is -1.52. The van der Waals surface area contributed by atoms with Crippen LogP contribution < -0.4 is 0 Å². The summed E-state index contributed by atoms with van der Waals surface area (Å²) in [5.41, 5.74) is 0.870. The third kappa shape index (κ3) is 4.76. The van der Waals surface area contributed by atoms with E-state index in [0.29, 0.717) is 18.5 Å². The smallest absolute Gasteiger partial charge is 0.323 e. The van der Waals surface area contributed by atoms with Crippen molar-refractivity contribution in [3.05, 3.63) is 29.6 Å². The number of rotatable bonds is 6. The number of sulfonamides is 1. The van der Waals surface area contributed by atoms with E-state index in [4.69, 9.17) is 5.11 Å². The summed E-state index contributed by atoms with van der Waals surface area (Å²) < 4.78 is 25.3. The molecule has 0 aliphatic carbocycles. The van der Waals surface area contributed by atoms with Crippen molar-refractivity contribution in [2.75, 3.05) is 25.4 Å². The molecule has 1 aromatic rings. The second kappa shape index (κ2) is 7.92. The highest BCUT2D eigenvalue weighted by molar-refractivity contribution is 7.89. The molecule has 0 radical (unpaired) electrons. The second-order valence-electron chi connectivity index (χ2n) is 6.02. The van der Waals surface area contributed by atoms with Gasteiger partial charge in [-0.1, -0.05) is 6.07 Å². The molecule has 0 unspecified atom stereocenters. The number of carbonyl (C=O) groups excluding carboxylic acids is 1. The van der Waals surface area contributed by atoms with Gasteiger partial charge < -0.3 is 10.0 Å². The maximum atomic E-state index is 12.7. The Balaban J connectivity index is 2.16. The van der Waals surface area contributed by atoms with Crippen LogP contribution in [-0.2, 0) is 14.8 Å². The zero-order chi connectivity index (χ0) is 18.6. The molecule has 1 amide bonds. The van der Waals surface area contributed by atoms with Crippen molar-refractivity contribution >= 4 is 21.9 Å². The van der Waals surface area contributed by atoms with Gasteiger partial charge in [-0.05, 0) is 38.8 Å². The summed E-state index contributed by atoms with van der Waals surface area (Å²) in [7, 11) is -3.27. The van der Waals surface area contributed by atoms with E-state index in [-0.39, 0.29) is 30.6 Å². The first-order chi connectivity index (χ1) is 11.7. The molecular weight excluding hydrogens is 346 g/mol. The van der Waals surface area contributed by atoms with Crippen LogP contribution in [0.3, 0.4) is 0 Å². The van der Waals surface area contributed by atoms with E-state index in [1.54, 1.807) is 32.0 Å². The van der Waals surface area contributed by atoms with E-state index in [9.17, 15) is 18.0 Å². The van der Waals surface area contributed by atoms with E-state index in [0.717, 1.165) is 0 Å². The van der Waals surface area contributed by atoms with Crippen molar-refractivity contribution in [3.63, 3.8) is 0 Å². The Hall–Kier alpha value is -2.00. The molecule has 25 heavy (non-hydrogen) atoms.